The molecule has 0 N–H and O–H groups in total. The number of carbonyl (C=O) groups is 1. The Bertz CT molecular complexity index is 696. The van der Waals surface area contributed by atoms with Crippen LogP contribution >= 0.6 is 22.6 Å². The second-order valence-electron chi connectivity index (χ2n) is 5.70. The lowest BCUT2D eigenvalue weighted by Gasteiger charge is -2.39. The number of amides is 1. The highest BCUT2D eigenvalue weighted by molar-refractivity contribution is 14.1. The van der Waals surface area contributed by atoms with Crippen LogP contribution in [0, 0.1) is 3.77 Å². The van der Waals surface area contributed by atoms with Crippen molar-refractivity contribution in [3.8, 4) is 0 Å². The number of nitrogens with zero attached hydrogens (tertiary/aromatic N) is 2. The monoisotopic (exact) mass is 422 g/mol. The van der Waals surface area contributed by atoms with E-state index in [1.807, 2.05) is 35.2 Å². The SMILES string of the molecule is CN1CCN(C(=O)/C=C/c2ccc(I)o2)C(c2ccccc2)C1. The predicted molar refractivity (Wildman–Crippen MR) is 98.9 cm³/mol. The number of piperazine rings is 1. The van der Waals surface area contributed by atoms with Crippen molar-refractivity contribution < 1.29 is 9.21 Å². The van der Waals surface area contributed by atoms with E-state index >= 15 is 0 Å². The number of carbonyl (C=O) groups excluding carboxylic acids is 1. The Hall–Kier alpha value is -1.60. The molecular weight excluding hydrogens is 403 g/mol. The molecule has 1 atom stereocenters. The van der Waals surface area contributed by atoms with Crippen molar-refractivity contribution in [2.45, 2.75) is 6.04 Å². The molecular formula is C18H19IN2O2. The number of halogens is 1. The van der Waals surface area contributed by atoms with Gasteiger partial charge in [-0.15, -0.1) is 0 Å². The molecule has 2 heterocycles. The van der Waals surface area contributed by atoms with Crippen LogP contribution in [0.4, 0.5) is 0 Å². The zero-order valence-electron chi connectivity index (χ0n) is 13.0. The summed E-state index contributed by atoms with van der Waals surface area (Å²) in [7, 11) is 2.10. The lowest BCUT2D eigenvalue weighted by Crippen LogP contribution is -2.48. The summed E-state index contributed by atoms with van der Waals surface area (Å²) in [6.45, 7) is 2.47. The van der Waals surface area contributed by atoms with E-state index in [1.165, 1.54) is 5.56 Å². The second kappa shape index (κ2) is 7.31. The van der Waals surface area contributed by atoms with E-state index < -0.39 is 0 Å². The summed E-state index contributed by atoms with van der Waals surface area (Å²) in [5.41, 5.74) is 1.17. The van der Waals surface area contributed by atoms with Crippen LogP contribution in [0.5, 0.6) is 0 Å². The molecule has 0 aliphatic carbocycles. The largest absolute Gasteiger partial charge is 0.451 e. The maximum Gasteiger partial charge on any atom is 0.247 e. The van der Waals surface area contributed by atoms with E-state index in [0.717, 1.165) is 23.4 Å². The van der Waals surface area contributed by atoms with E-state index in [9.17, 15) is 4.79 Å². The van der Waals surface area contributed by atoms with Crippen LogP contribution in [0.3, 0.4) is 0 Å². The van der Waals surface area contributed by atoms with Gasteiger partial charge in [0, 0.05) is 25.7 Å². The molecule has 120 valence electrons. The van der Waals surface area contributed by atoms with Gasteiger partial charge < -0.3 is 14.2 Å². The van der Waals surface area contributed by atoms with Crippen molar-refractivity contribution in [2.75, 3.05) is 26.7 Å². The molecule has 0 radical (unpaired) electrons. The first-order valence-electron chi connectivity index (χ1n) is 7.61. The van der Waals surface area contributed by atoms with Gasteiger partial charge in [0.05, 0.1) is 6.04 Å². The van der Waals surface area contributed by atoms with Crippen LogP contribution in [-0.2, 0) is 4.79 Å². The molecule has 1 amide bonds. The average molecular weight is 422 g/mol. The third-order valence-electron chi connectivity index (χ3n) is 4.04. The Labute approximate surface area is 149 Å². The van der Waals surface area contributed by atoms with E-state index in [2.05, 4.69) is 46.7 Å². The third kappa shape index (κ3) is 4.03. The molecule has 3 rings (SSSR count). The van der Waals surface area contributed by atoms with E-state index in [0.29, 0.717) is 5.76 Å². The highest BCUT2D eigenvalue weighted by atomic mass is 127. The van der Waals surface area contributed by atoms with Crippen LogP contribution in [0.15, 0.2) is 53.0 Å². The maximum atomic E-state index is 12.6. The maximum absolute atomic E-state index is 12.6. The van der Waals surface area contributed by atoms with Gasteiger partial charge in [-0.2, -0.15) is 0 Å². The molecule has 1 aromatic heterocycles. The molecule has 1 aliphatic rings. The van der Waals surface area contributed by atoms with Crippen LogP contribution in [-0.4, -0.2) is 42.4 Å². The smallest absolute Gasteiger partial charge is 0.247 e. The highest BCUT2D eigenvalue weighted by Crippen LogP contribution is 2.25. The number of hydrogen-bond acceptors (Lipinski definition) is 3. The Morgan fingerprint density at radius 3 is 2.70 bits per heavy atom. The molecule has 2 aromatic rings. The van der Waals surface area contributed by atoms with E-state index in [-0.39, 0.29) is 11.9 Å². The summed E-state index contributed by atoms with van der Waals surface area (Å²) in [5, 5.41) is 0. The lowest BCUT2D eigenvalue weighted by molar-refractivity contribution is -0.130. The fourth-order valence-corrected chi connectivity index (χ4v) is 3.24. The molecule has 0 spiro atoms. The predicted octanol–water partition coefficient (Wildman–Crippen LogP) is 3.41. The van der Waals surface area contributed by atoms with Gasteiger partial charge in [0.15, 0.2) is 3.77 Å². The van der Waals surface area contributed by atoms with Crippen LogP contribution < -0.4 is 0 Å². The quantitative estimate of drug-likeness (QED) is 0.562. The van der Waals surface area contributed by atoms with Crippen molar-refractivity contribution in [3.63, 3.8) is 0 Å². The number of furan rings is 1. The van der Waals surface area contributed by atoms with Gasteiger partial charge in [-0.25, -0.2) is 0 Å². The molecule has 1 aromatic carbocycles. The van der Waals surface area contributed by atoms with Gasteiger partial charge in [-0.3, -0.25) is 4.79 Å². The normalized spacial score (nSPS) is 19.4. The van der Waals surface area contributed by atoms with Crippen molar-refractivity contribution in [1.82, 2.24) is 9.80 Å². The summed E-state index contributed by atoms with van der Waals surface area (Å²) in [6.07, 6.45) is 3.35. The molecule has 23 heavy (non-hydrogen) atoms. The Balaban J connectivity index is 1.78. The van der Waals surface area contributed by atoms with Gasteiger partial charge >= 0.3 is 0 Å². The summed E-state index contributed by atoms with van der Waals surface area (Å²) >= 11 is 2.11. The van der Waals surface area contributed by atoms with Gasteiger partial charge in [0.1, 0.15) is 5.76 Å². The number of likely N-dealkylation sites (N-methyl/N-ethyl adjacent to an activating group) is 1. The summed E-state index contributed by atoms with van der Waals surface area (Å²) in [4.78, 5) is 16.9. The topological polar surface area (TPSA) is 36.7 Å². The average Bonchev–Trinajstić information content (AvgIpc) is 2.99. The van der Waals surface area contributed by atoms with Gasteiger partial charge in [0.2, 0.25) is 5.91 Å². The molecule has 1 saturated heterocycles. The molecule has 1 aliphatic heterocycles. The number of hydrogen-bond donors (Lipinski definition) is 0. The Kier molecular flexibility index (Phi) is 5.17. The standard InChI is InChI=1S/C18H19IN2O2/c1-20-11-12-21(16(13-20)14-5-3-2-4-6-14)18(22)10-8-15-7-9-17(19)23-15/h2-10,16H,11-13H2,1H3/b10-8+. The van der Waals surface area contributed by atoms with Crippen molar-refractivity contribution in [3.05, 3.63) is 63.6 Å². The first kappa shape index (κ1) is 16.3. The van der Waals surface area contributed by atoms with Crippen molar-refractivity contribution in [1.29, 1.82) is 0 Å². The Morgan fingerprint density at radius 2 is 2.00 bits per heavy atom. The lowest BCUT2D eigenvalue weighted by atomic mass is 10.0. The van der Waals surface area contributed by atoms with Crippen LogP contribution in [0.2, 0.25) is 0 Å². The summed E-state index contributed by atoms with van der Waals surface area (Å²) in [6, 6.07) is 14.0. The second-order valence-corrected chi connectivity index (χ2v) is 6.76. The molecule has 1 unspecified atom stereocenters. The minimum absolute atomic E-state index is 0.0263. The summed E-state index contributed by atoms with van der Waals surface area (Å²) in [5.74, 6) is 0.728. The van der Waals surface area contributed by atoms with E-state index in [4.69, 9.17) is 4.42 Å². The molecule has 0 bridgehead atoms. The first-order valence-corrected chi connectivity index (χ1v) is 8.69. The van der Waals surface area contributed by atoms with Gasteiger partial charge in [-0.05, 0) is 53.4 Å². The number of benzene rings is 1. The molecule has 1 fully saturated rings. The summed E-state index contributed by atoms with van der Waals surface area (Å²) < 4.78 is 6.29. The minimum atomic E-state index is 0.0263. The zero-order chi connectivity index (χ0) is 16.2. The van der Waals surface area contributed by atoms with Crippen LogP contribution in [0.1, 0.15) is 17.4 Å². The van der Waals surface area contributed by atoms with Crippen molar-refractivity contribution >= 4 is 34.6 Å². The zero-order valence-corrected chi connectivity index (χ0v) is 15.1. The minimum Gasteiger partial charge on any atom is -0.451 e. The van der Waals surface area contributed by atoms with Gasteiger partial charge in [0.25, 0.3) is 0 Å². The fourth-order valence-electron chi connectivity index (χ4n) is 2.81. The molecule has 0 saturated carbocycles. The molecule has 4 nitrogen and oxygen atoms in total. The van der Waals surface area contributed by atoms with Gasteiger partial charge in [-0.1, -0.05) is 30.3 Å². The fraction of sp³-hybridized carbons (Fsp3) is 0.278. The third-order valence-corrected chi connectivity index (χ3v) is 4.61. The first-order chi connectivity index (χ1) is 11.1. The van der Waals surface area contributed by atoms with Crippen molar-refractivity contribution in [2.24, 2.45) is 0 Å². The molecule has 5 heteroatoms. The Morgan fingerprint density at radius 1 is 1.22 bits per heavy atom. The van der Waals surface area contributed by atoms with Crippen LogP contribution in [0.25, 0.3) is 6.08 Å². The number of rotatable bonds is 3. The van der Waals surface area contributed by atoms with E-state index in [1.54, 1.807) is 12.2 Å². The highest BCUT2D eigenvalue weighted by Gasteiger charge is 2.28.